The highest BCUT2D eigenvalue weighted by atomic mass is 16.2. The van der Waals surface area contributed by atoms with Crippen LogP contribution in [-0.4, -0.2) is 44.4 Å². The molecule has 1 atom stereocenters. The Hall–Kier alpha value is -3.19. The van der Waals surface area contributed by atoms with Crippen molar-refractivity contribution in [3.63, 3.8) is 0 Å². The number of nitrogens with one attached hydrogen (secondary N) is 4. The Kier molecular flexibility index (Phi) is 8.36. The van der Waals surface area contributed by atoms with E-state index in [1.165, 1.54) is 0 Å². The van der Waals surface area contributed by atoms with Crippen LogP contribution in [0.5, 0.6) is 0 Å². The van der Waals surface area contributed by atoms with E-state index in [-0.39, 0.29) is 30.8 Å². The number of amides is 3. The Morgan fingerprint density at radius 3 is 2.10 bits per heavy atom. The maximum absolute atomic E-state index is 12.4. The highest BCUT2D eigenvalue weighted by Gasteiger charge is 2.18. The summed E-state index contributed by atoms with van der Waals surface area (Å²) in [5, 5.41) is 8.29. The van der Waals surface area contributed by atoms with Gasteiger partial charge in [0.25, 0.3) is 17.7 Å². The maximum atomic E-state index is 12.4. The van der Waals surface area contributed by atoms with Crippen LogP contribution in [0.15, 0.2) is 48.5 Å². The van der Waals surface area contributed by atoms with Gasteiger partial charge in [0.2, 0.25) is 0 Å². The Morgan fingerprint density at radius 1 is 0.897 bits per heavy atom. The van der Waals surface area contributed by atoms with E-state index in [1.54, 1.807) is 31.3 Å². The van der Waals surface area contributed by atoms with Crippen molar-refractivity contribution in [1.82, 2.24) is 5.32 Å². The molecule has 0 aliphatic carbocycles. The van der Waals surface area contributed by atoms with E-state index in [0.717, 1.165) is 22.6 Å². The molecule has 0 aromatic heterocycles. The SMILES string of the molecule is CCC[NH+](CC(=O)Nc1ccc(C(=O)NC)cc1)CC(=O)Nc1ccccc1C. The van der Waals surface area contributed by atoms with Crippen molar-refractivity contribution in [1.29, 1.82) is 0 Å². The Bertz CT molecular complexity index is 849. The second-order valence-electron chi connectivity index (χ2n) is 6.92. The molecule has 7 nitrogen and oxygen atoms in total. The predicted molar refractivity (Wildman–Crippen MR) is 114 cm³/mol. The number of para-hydroxylation sites is 1. The van der Waals surface area contributed by atoms with E-state index >= 15 is 0 Å². The second kappa shape index (κ2) is 11.0. The summed E-state index contributed by atoms with van der Waals surface area (Å²) >= 11 is 0. The van der Waals surface area contributed by atoms with Crippen molar-refractivity contribution in [3.8, 4) is 0 Å². The van der Waals surface area contributed by atoms with E-state index < -0.39 is 0 Å². The standard InChI is InChI=1S/C22H28N4O3/c1-4-13-26(15-21(28)25-19-8-6-5-7-16(19)2)14-20(27)24-18-11-9-17(10-12-18)22(29)23-3/h5-12H,4,13-15H2,1-3H3,(H,23,29)(H,24,27)(H,25,28)/p+1. The van der Waals surface area contributed by atoms with Crippen molar-refractivity contribution < 1.29 is 19.3 Å². The van der Waals surface area contributed by atoms with Crippen molar-refractivity contribution in [2.24, 2.45) is 0 Å². The van der Waals surface area contributed by atoms with E-state index in [0.29, 0.717) is 17.8 Å². The fourth-order valence-electron chi connectivity index (χ4n) is 3.01. The second-order valence-corrected chi connectivity index (χ2v) is 6.92. The summed E-state index contributed by atoms with van der Waals surface area (Å²) in [6.07, 6.45) is 0.862. The van der Waals surface area contributed by atoms with Gasteiger partial charge in [-0.25, -0.2) is 0 Å². The van der Waals surface area contributed by atoms with Gasteiger partial charge in [-0.3, -0.25) is 14.4 Å². The molecule has 0 spiro atoms. The Labute approximate surface area is 171 Å². The lowest BCUT2D eigenvalue weighted by atomic mass is 10.2. The van der Waals surface area contributed by atoms with Gasteiger partial charge < -0.3 is 20.9 Å². The molecule has 2 aromatic rings. The number of aryl methyl sites for hydroxylation is 1. The lowest BCUT2D eigenvalue weighted by Gasteiger charge is -2.18. The number of carbonyl (C=O) groups excluding carboxylic acids is 3. The first-order chi connectivity index (χ1) is 13.9. The third-order valence-corrected chi connectivity index (χ3v) is 4.50. The molecule has 154 valence electrons. The molecule has 2 rings (SSSR count). The van der Waals surface area contributed by atoms with Crippen molar-refractivity contribution >= 4 is 29.1 Å². The van der Waals surface area contributed by atoms with Gasteiger partial charge in [-0.2, -0.15) is 0 Å². The molecule has 3 amide bonds. The third-order valence-electron chi connectivity index (χ3n) is 4.50. The van der Waals surface area contributed by atoms with E-state index in [2.05, 4.69) is 16.0 Å². The first-order valence-corrected chi connectivity index (χ1v) is 9.74. The van der Waals surface area contributed by atoms with Gasteiger partial charge in [0, 0.05) is 24.0 Å². The van der Waals surface area contributed by atoms with Gasteiger partial charge in [-0.05, 0) is 49.2 Å². The van der Waals surface area contributed by atoms with Crippen LogP contribution >= 0.6 is 0 Å². The van der Waals surface area contributed by atoms with Gasteiger partial charge >= 0.3 is 0 Å². The van der Waals surface area contributed by atoms with Crippen molar-refractivity contribution in [2.45, 2.75) is 20.3 Å². The molecule has 0 aliphatic heterocycles. The predicted octanol–water partition coefficient (Wildman–Crippen LogP) is 1.23. The van der Waals surface area contributed by atoms with Crippen LogP contribution in [0.25, 0.3) is 0 Å². The van der Waals surface area contributed by atoms with Crippen LogP contribution in [0.1, 0.15) is 29.3 Å². The average molecular weight is 397 g/mol. The minimum absolute atomic E-state index is 0.120. The fraction of sp³-hybridized carbons (Fsp3) is 0.318. The first kappa shape index (κ1) is 22.1. The normalized spacial score (nSPS) is 11.4. The number of hydrogen-bond donors (Lipinski definition) is 4. The zero-order chi connectivity index (χ0) is 21.2. The minimum atomic E-state index is -0.180. The maximum Gasteiger partial charge on any atom is 0.279 e. The molecule has 0 bridgehead atoms. The number of rotatable bonds is 9. The summed E-state index contributed by atoms with van der Waals surface area (Å²) in [6, 6.07) is 14.3. The number of hydrogen-bond acceptors (Lipinski definition) is 3. The van der Waals surface area contributed by atoms with Gasteiger partial charge in [0.15, 0.2) is 13.1 Å². The van der Waals surface area contributed by atoms with E-state index in [9.17, 15) is 14.4 Å². The molecule has 7 heteroatoms. The van der Waals surface area contributed by atoms with Crippen LogP contribution in [0.3, 0.4) is 0 Å². The molecule has 0 saturated heterocycles. The summed E-state index contributed by atoms with van der Waals surface area (Å²) in [5.74, 6) is -0.476. The van der Waals surface area contributed by atoms with Gasteiger partial charge in [-0.15, -0.1) is 0 Å². The van der Waals surface area contributed by atoms with E-state index in [1.807, 2.05) is 38.1 Å². The molecule has 1 unspecified atom stereocenters. The zero-order valence-electron chi connectivity index (χ0n) is 17.2. The topological polar surface area (TPSA) is 91.7 Å². The third kappa shape index (κ3) is 7.04. The lowest BCUT2D eigenvalue weighted by Crippen LogP contribution is -3.14. The molecule has 0 saturated carbocycles. The van der Waals surface area contributed by atoms with Crippen LogP contribution in [0.4, 0.5) is 11.4 Å². The number of carbonyl (C=O) groups is 3. The highest BCUT2D eigenvalue weighted by molar-refractivity contribution is 5.96. The Balaban J connectivity index is 1.91. The number of anilines is 2. The smallest absolute Gasteiger partial charge is 0.279 e. The van der Waals surface area contributed by atoms with Crippen LogP contribution in [0, 0.1) is 6.92 Å². The molecule has 0 aliphatic rings. The van der Waals surface area contributed by atoms with Gasteiger partial charge in [-0.1, -0.05) is 25.1 Å². The molecule has 29 heavy (non-hydrogen) atoms. The monoisotopic (exact) mass is 397 g/mol. The van der Waals surface area contributed by atoms with Crippen LogP contribution in [0.2, 0.25) is 0 Å². The van der Waals surface area contributed by atoms with E-state index in [4.69, 9.17) is 0 Å². The summed E-state index contributed by atoms with van der Waals surface area (Å²) in [4.78, 5) is 37.3. The average Bonchev–Trinajstić information content (AvgIpc) is 2.69. The summed E-state index contributed by atoms with van der Waals surface area (Å²) < 4.78 is 0. The molecular formula is C22H29N4O3+. The number of quaternary nitrogens is 1. The largest absolute Gasteiger partial charge is 0.355 e. The van der Waals surface area contributed by atoms with Gasteiger partial charge in [0.1, 0.15) is 0 Å². The van der Waals surface area contributed by atoms with Crippen LogP contribution < -0.4 is 20.9 Å². The highest BCUT2D eigenvalue weighted by Crippen LogP contribution is 2.12. The lowest BCUT2D eigenvalue weighted by molar-refractivity contribution is -0.883. The Morgan fingerprint density at radius 2 is 1.52 bits per heavy atom. The molecule has 2 aromatic carbocycles. The molecule has 4 N–H and O–H groups in total. The minimum Gasteiger partial charge on any atom is -0.355 e. The fourth-order valence-corrected chi connectivity index (χ4v) is 3.01. The van der Waals surface area contributed by atoms with Crippen molar-refractivity contribution in [3.05, 3.63) is 59.7 Å². The van der Waals surface area contributed by atoms with Crippen molar-refractivity contribution in [2.75, 3.05) is 37.3 Å². The quantitative estimate of drug-likeness (QED) is 0.513. The number of benzene rings is 2. The first-order valence-electron chi connectivity index (χ1n) is 9.74. The molecular weight excluding hydrogens is 368 g/mol. The zero-order valence-corrected chi connectivity index (χ0v) is 17.2. The summed E-state index contributed by atoms with van der Waals surface area (Å²) in [6.45, 7) is 5.07. The summed E-state index contributed by atoms with van der Waals surface area (Å²) in [5.41, 5.74) is 2.92. The van der Waals surface area contributed by atoms with Gasteiger partial charge in [0.05, 0.1) is 6.54 Å². The molecule has 0 heterocycles. The molecule has 0 radical (unpaired) electrons. The van der Waals surface area contributed by atoms with Crippen LogP contribution in [-0.2, 0) is 9.59 Å². The summed E-state index contributed by atoms with van der Waals surface area (Å²) in [7, 11) is 1.57. The molecule has 0 fully saturated rings.